The third-order valence-corrected chi connectivity index (χ3v) is 4.99. The topological polar surface area (TPSA) is 13.7 Å². The summed E-state index contributed by atoms with van der Waals surface area (Å²) in [5.74, 6) is 0. The molecule has 3 aromatic carbocycles. The molecule has 0 amide bonds. The first-order valence-electron chi connectivity index (χ1n) is 8.17. The maximum Gasteiger partial charge on any atom is 0.249 e. The number of aromatic nitrogens is 3. The molecule has 0 spiro atoms. The number of para-hydroxylation sites is 3. The van der Waals surface area contributed by atoms with E-state index in [-0.39, 0.29) is 0 Å². The molecule has 3 nitrogen and oxygen atoms in total. The second-order valence-electron chi connectivity index (χ2n) is 6.36. The van der Waals surface area contributed by atoms with Crippen LogP contribution in [0.4, 0.5) is 0 Å². The predicted molar refractivity (Wildman–Crippen MR) is 98.4 cm³/mol. The lowest BCUT2D eigenvalue weighted by Crippen LogP contribution is -2.25. The summed E-state index contributed by atoms with van der Waals surface area (Å²) in [7, 11) is 4.23. The third-order valence-electron chi connectivity index (χ3n) is 4.99. The van der Waals surface area contributed by atoms with E-state index in [0.29, 0.717) is 0 Å². The van der Waals surface area contributed by atoms with Gasteiger partial charge in [0.15, 0.2) is 11.0 Å². The van der Waals surface area contributed by atoms with E-state index in [1.165, 1.54) is 38.5 Å². The van der Waals surface area contributed by atoms with Crippen molar-refractivity contribution in [1.82, 2.24) is 9.13 Å². The molecule has 0 atom stereocenters. The van der Waals surface area contributed by atoms with Crippen molar-refractivity contribution < 1.29 is 4.57 Å². The lowest BCUT2D eigenvalue weighted by Gasteiger charge is -2.00. The highest BCUT2D eigenvalue weighted by atomic mass is 15.1. The van der Waals surface area contributed by atoms with E-state index in [2.05, 4.69) is 101 Å². The average Bonchev–Trinajstić information content (AvgIpc) is 3.11. The Kier molecular flexibility index (Phi) is 2.63. The van der Waals surface area contributed by atoms with E-state index < -0.39 is 0 Å². The normalized spacial score (nSPS) is 11.8. The van der Waals surface area contributed by atoms with Crippen molar-refractivity contribution in [3.63, 3.8) is 0 Å². The Morgan fingerprint density at radius 2 is 1.46 bits per heavy atom. The van der Waals surface area contributed by atoms with E-state index >= 15 is 0 Å². The van der Waals surface area contributed by atoms with Gasteiger partial charge in [0.25, 0.3) is 0 Å². The van der Waals surface area contributed by atoms with Crippen LogP contribution in [0.15, 0.2) is 73.1 Å². The molecule has 5 aromatic rings. The second kappa shape index (κ2) is 4.71. The molecule has 2 aromatic heterocycles. The summed E-state index contributed by atoms with van der Waals surface area (Å²) in [5.41, 5.74) is 6.18. The van der Waals surface area contributed by atoms with Crippen molar-refractivity contribution in [3.8, 4) is 5.69 Å². The Morgan fingerprint density at radius 3 is 2.33 bits per heavy atom. The summed E-state index contributed by atoms with van der Waals surface area (Å²) >= 11 is 0. The Hall–Kier alpha value is -3.07. The van der Waals surface area contributed by atoms with Gasteiger partial charge in [-0.15, -0.1) is 0 Å². The number of hydrogen-bond donors (Lipinski definition) is 0. The minimum atomic E-state index is 1.19. The molecule has 0 radical (unpaired) electrons. The average molecular weight is 312 g/mol. The number of rotatable bonds is 1. The van der Waals surface area contributed by atoms with Crippen molar-refractivity contribution >= 4 is 32.8 Å². The van der Waals surface area contributed by atoms with Gasteiger partial charge in [0.05, 0.1) is 7.05 Å². The minimum absolute atomic E-state index is 1.19. The molecule has 0 N–H and O–H groups in total. The van der Waals surface area contributed by atoms with Crippen LogP contribution in [0.2, 0.25) is 0 Å². The summed E-state index contributed by atoms with van der Waals surface area (Å²) in [5, 5.41) is 2.60. The molecule has 0 aliphatic carbocycles. The number of hydrogen-bond acceptors (Lipinski definition) is 0. The second-order valence-corrected chi connectivity index (χ2v) is 6.36. The van der Waals surface area contributed by atoms with Crippen LogP contribution in [0.3, 0.4) is 0 Å². The van der Waals surface area contributed by atoms with Crippen molar-refractivity contribution in [2.75, 3.05) is 0 Å². The number of aryl methyl sites for hydroxylation is 2. The van der Waals surface area contributed by atoms with Gasteiger partial charge in [-0.05, 0) is 36.4 Å². The molecule has 0 saturated heterocycles. The Morgan fingerprint density at radius 1 is 0.750 bits per heavy atom. The number of nitrogens with zero attached hydrogens (tertiary/aromatic N) is 3. The summed E-state index contributed by atoms with van der Waals surface area (Å²) in [6.07, 6.45) is 2.15. The van der Waals surface area contributed by atoms with Crippen LogP contribution in [0.25, 0.3) is 38.5 Å². The van der Waals surface area contributed by atoms with Crippen molar-refractivity contribution in [2.45, 2.75) is 0 Å². The molecule has 0 aliphatic heterocycles. The maximum absolute atomic E-state index is 2.30. The van der Waals surface area contributed by atoms with Crippen LogP contribution in [0.1, 0.15) is 0 Å². The molecule has 24 heavy (non-hydrogen) atoms. The monoisotopic (exact) mass is 312 g/mol. The molecule has 2 heterocycles. The fourth-order valence-corrected chi connectivity index (χ4v) is 3.78. The van der Waals surface area contributed by atoms with Gasteiger partial charge >= 0.3 is 0 Å². The van der Waals surface area contributed by atoms with Crippen LogP contribution in [-0.4, -0.2) is 9.13 Å². The number of imidazole rings is 1. The molecule has 0 fully saturated rings. The lowest BCUT2D eigenvalue weighted by atomic mass is 10.1. The zero-order chi connectivity index (χ0) is 16.3. The van der Waals surface area contributed by atoms with Crippen LogP contribution in [-0.2, 0) is 14.1 Å². The molecular formula is C21H18N3+. The molecule has 5 rings (SSSR count). The molecule has 3 heteroatoms. The van der Waals surface area contributed by atoms with Gasteiger partial charge in [0, 0.05) is 28.9 Å². The largest absolute Gasteiger partial charge is 0.344 e. The minimum Gasteiger partial charge on any atom is -0.344 e. The quantitative estimate of drug-likeness (QED) is 0.414. The smallest absolute Gasteiger partial charge is 0.249 e. The lowest BCUT2D eigenvalue weighted by molar-refractivity contribution is -0.645. The molecule has 116 valence electrons. The first-order valence-corrected chi connectivity index (χ1v) is 8.17. The summed E-state index contributed by atoms with van der Waals surface area (Å²) in [6.45, 7) is 0. The highest BCUT2D eigenvalue weighted by molar-refractivity contribution is 6.08. The van der Waals surface area contributed by atoms with Gasteiger partial charge in [-0.25, -0.2) is 4.57 Å². The van der Waals surface area contributed by atoms with Gasteiger partial charge in [-0.2, -0.15) is 4.57 Å². The molecular weight excluding hydrogens is 294 g/mol. The SMILES string of the molecule is Cn1c2ccccc2c2cc(-n3c[n+](C)c4ccccc43)ccc21. The van der Waals surface area contributed by atoms with E-state index in [4.69, 9.17) is 0 Å². The summed E-state index contributed by atoms with van der Waals surface area (Å²) < 4.78 is 6.70. The first-order chi connectivity index (χ1) is 11.7. The van der Waals surface area contributed by atoms with Crippen LogP contribution in [0.5, 0.6) is 0 Å². The number of fused-ring (bicyclic) bond motifs is 4. The molecule has 0 aliphatic rings. The molecule has 0 unspecified atom stereocenters. The fourth-order valence-electron chi connectivity index (χ4n) is 3.78. The van der Waals surface area contributed by atoms with E-state index in [9.17, 15) is 0 Å². The van der Waals surface area contributed by atoms with Gasteiger partial charge < -0.3 is 4.57 Å². The summed E-state index contributed by atoms with van der Waals surface area (Å²) in [6, 6.07) is 23.8. The van der Waals surface area contributed by atoms with Gasteiger partial charge in [0.2, 0.25) is 6.33 Å². The van der Waals surface area contributed by atoms with E-state index in [0.717, 1.165) is 0 Å². The van der Waals surface area contributed by atoms with E-state index in [1.807, 2.05) is 0 Å². The zero-order valence-electron chi connectivity index (χ0n) is 13.8. The highest BCUT2D eigenvalue weighted by Gasteiger charge is 2.16. The van der Waals surface area contributed by atoms with Crippen molar-refractivity contribution in [1.29, 1.82) is 0 Å². The standard InChI is InChI=1S/C21H18N3/c1-22-14-24(21-10-6-5-9-20(21)22)15-11-12-19-17(13-15)16-7-3-4-8-18(16)23(19)2/h3-14H,1-2H3/q+1. The first kappa shape index (κ1) is 13.4. The Balaban J connectivity index is 1.86. The van der Waals surface area contributed by atoms with Crippen molar-refractivity contribution in [3.05, 3.63) is 73.1 Å². The zero-order valence-corrected chi connectivity index (χ0v) is 13.8. The fraction of sp³-hybridized carbons (Fsp3) is 0.0952. The maximum atomic E-state index is 2.30. The van der Waals surface area contributed by atoms with Crippen LogP contribution < -0.4 is 4.57 Å². The van der Waals surface area contributed by atoms with Crippen LogP contribution in [0, 0.1) is 0 Å². The van der Waals surface area contributed by atoms with Crippen molar-refractivity contribution in [2.24, 2.45) is 14.1 Å². The van der Waals surface area contributed by atoms with Gasteiger partial charge in [-0.3, -0.25) is 0 Å². The molecule has 0 saturated carbocycles. The number of benzene rings is 3. The Labute approximate surface area is 140 Å². The molecule has 0 bridgehead atoms. The third kappa shape index (κ3) is 1.69. The Bertz CT molecular complexity index is 1220. The van der Waals surface area contributed by atoms with Gasteiger partial charge in [-0.1, -0.05) is 30.3 Å². The summed E-state index contributed by atoms with van der Waals surface area (Å²) in [4.78, 5) is 0. The van der Waals surface area contributed by atoms with Gasteiger partial charge in [0.1, 0.15) is 5.69 Å². The predicted octanol–water partition coefficient (Wildman–Crippen LogP) is 4.10. The van der Waals surface area contributed by atoms with Crippen LogP contribution >= 0.6 is 0 Å². The van der Waals surface area contributed by atoms with E-state index in [1.54, 1.807) is 0 Å². The highest BCUT2D eigenvalue weighted by Crippen LogP contribution is 2.30.